The normalized spacial score (nSPS) is 20.6. The molecule has 1 fully saturated rings. The molecule has 0 spiro atoms. The molecule has 1 aliphatic rings. The molecule has 0 aromatic heterocycles. The van der Waals surface area contributed by atoms with Gasteiger partial charge in [0.1, 0.15) is 0 Å². The number of hydrogen-bond donors (Lipinski definition) is 3. The summed E-state index contributed by atoms with van der Waals surface area (Å²) in [6, 6.07) is 13.5. The average molecular weight is 595 g/mol. The van der Waals surface area contributed by atoms with E-state index in [0.717, 1.165) is 16.7 Å². The van der Waals surface area contributed by atoms with Gasteiger partial charge in [0.2, 0.25) is 0 Å². The van der Waals surface area contributed by atoms with Crippen molar-refractivity contribution in [2.45, 2.75) is 72.5 Å². The minimum atomic E-state index is -4.61. The highest BCUT2D eigenvalue weighted by Crippen LogP contribution is 2.51. The van der Waals surface area contributed by atoms with Gasteiger partial charge in [-0.15, -0.1) is 0 Å². The van der Waals surface area contributed by atoms with Crippen LogP contribution in [-0.2, 0) is 30.4 Å². The summed E-state index contributed by atoms with van der Waals surface area (Å²) >= 11 is 0. The van der Waals surface area contributed by atoms with E-state index < -0.39 is 48.1 Å². The van der Waals surface area contributed by atoms with Gasteiger partial charge in [0.15, 0.2) is 0 Å². The quantitative estimate of drug-likeness (QED) is 0.326. The molecule has 0 bridgehead atoms. The van der Waals surface area contributed by atoms with Crippen LogP contribution in [0.25, 0.3) is 0 Å². The zero-order chi connectivity index (χ0) is 28.9. The second-order valence-electron chi connectivity index (χ2n) is 10.3. The van der Waals surface area contributed by atoms with E-state index in [-0.39, 0.29) is 33.9 Å². The third kappa shape index (κ3) is 6.42. The van der Waals surface area contributed by atoms with E-state index in [0.29, 0.717) is 16.7 Å². The van der Waals surface area contributed by atoms with Crippen LogP contribution in [0.4, 0.5) is 0 Å². The summed E-state index contributed by atoms with van der Waals surface area (Å²) in [5, 5.41) is 0. The van der Waals surface area contributed by atoms with Crippen molar-refractivity contribution < 1.29 is 38.9 Å². The number of hydrogen-bond acceptors (Lipinski definition) is 6. The molecule has 39 heavy (non-hydrogen) atoms. The third-order valence-corrected chi connectivity index (χ3v) is 10.1. The minimum Gasteiger partial charge on any atom is -0.282 e. The average Bonchev–Trinajstić information content (AvgIpc) is 2.81. The second kappa shape index (κ2) is 10.4. The molecule has 0 saturated heterocycles. The molecule has 0 heterocycles. The maximum atomic E-state index is 12.3. The lowest BCUT2D eigenvalue weighted by molar-refractivity contribution is 0.340. The Balaban J connectivity index is 1.97. The topological polar surface area (TPSA) is 163 Å². The van der Waals surface area contributed by atoms with Gasteiger partial charge >= 0.3 is 0 Å². The molecule has 0 unspecified atom stereocenters. The molecule has 9 nitrogen and oxygen atoms in total. The molecule has 1 aliphatic carbocycles. The van der Waals surface area contributed by atoms with Gasteiger partial charge in [-0.05, 0) is 92.7 Å². The van der Waals surface area contributed by atoms with Crippen LogP contribution in [0, 0.1) is 20.8 Å². The fourth-order valence-corrected chi connectivity index (χ4v) is 8.04. The van der Waals surface area contributed by atoms with Gasteiger partial charge in [0, 0.05) is 0 Å². The molecule has 12 heteroatoms. The second-order valence-corrected chi connectivity index (χ2v) is 14.5. The number of aryl methyl sites for hydroxylation is 3. The minimum absolute atomic E-state index is 0.265. The van der Waals surface area contributed by atoms with Crippen molar-refractivity contribution in [3.05, 3.63) is 88.0 Å². The van der Waals surface area contributed by atoms with Gasteiger partial charge in [-0.3, -0.25) is 13.7 Å². The lowest BCUT2D eigenvalue weighted by Gasteiger charge is -2.37. The van der Waals surface area contributed by atoms with Crippen LogP contribution in [-0.4, -0.2) is 38.9 Å². The van der Waals surface area contributed by atoms with Crippen LogP contribution in [0.1, 0.15) is 70.4 Å². The zero-order valence-electron chi connectivity index (χ0n) is 21.6. The maximum Gasteiger partial charge on any atom is 0.294 e. The van der Waals surface area contributed by atoms with Crippen LogP contribution in [0.5, 0.6) is 0 Å². The highest BCUT2D eigenvalue weighted by atomic mass is 32.2. The van der Waals surface area contributed by atoms with E-state index in [2.05, 4.69) is 0 Å². The van der Waals surface area contributed by atoms with E-state index in [1.165, 1.54) is 18.2 Å². The summed E-state index contributed by atoms with van der Waals surface area (Å²) < 4.78 is 104. The molecule has 1 saturated carbocycles. The molecular formula is C27H30O9S3. The SMILES string of the molecule is Cc1ccc(S(=O)(=O)O)c(C2CC(c3cc(C)ccc3S(=O)(=O)O)CC(c3cc(C)ccc3S(=O)(=O)O)C2)c1. The summed E-state index contributed by atoms with van der Waals surface area (Å²) in [4.78, 5) is -0.844. The number of rotatable bonds is 6. The van der Waals surface area contributed by atoms with Crippen molar-refractivity contribution in [1.29, 1.82) is 0 Å². The zero-order valence-corrected chi connectivity index (χ0v) is 24.0. The van der Waals surface area contributed by atoms with Gasteiger partial charge in [0.05, 0.1) is 14.7 Å². The first-order valence-corrected chi connectivity index (χ1v) is 16.5. The van der Waals surface area contributed by atoms with Crippen LogP contribution >= 0.6 is 0 Å². The Bertz CT molecular complexity index is 1550. The standard InChI is InChI=1S/C27H30O9S3/c1-16-4-7-25(37(28,29)30)22(10-16)19-13-20(23-11-17(2)5-8-26(23)38(31,32)33)15-21(14-19)24-12-18(3)6-9-27(24)39(34,35)36/h4-12,19-21H,13-15H2,1-3H3,(H,28,29,30)(H,31,32,33)(H,34,35,36). The predicted octanol–water partition coefficient (Wildman–Crippen LogP) is 5.19. The molecule has 3 aromatic carbocycles. The smallest absolute Gasteiger partial charge is 0.282 e. The summed E-state index contributed by atoms with van der Waals surface area (Å²) in [6.45, 7) is 5.30. The monoisotopic (exact) mass is 594 g/mol. The lowest BCUT2D eigenvalue weighted by atomic mass is 9.68. The molecule has 3 aromatic rings. The number of benzene rings is 3. The fraction of sp³-hybridized carbons (Fsp3) is 0.333. The lowest BCUT2D eigenvalue weighted by Crippen LogP contribution is -2.23. The van der Waals surface area contributed by atoms with Gasteiger partial charge in [-0.25, -0.2) is 0 Å². The fourth-order valence-electron chi connectivity index (χ4n) is 5.75. The third-order valence-electron chi connectivity index (χ3n) is 7.36. The van der Waals surface area contributed by atoms with Gasteiger partial charge in [-0.2, -0.15) is 25.3 Å². The van der Waals surface area contributed by atoms with Crippen molar-refractivity contribution >= 4 is 30.4 Å². The maximum absolute atomic E-state index is 12.3. The van der Waals surface area contributed by atoms with E-state index >= 15 is 0 Å². The molecule has 210 valence electrons. The predicted molar refractivity (Wildman–Crippen MR) is 145 cm³/mol. The molecular weight excluding hydrogens is 564 g/mol. The van der Waals surface area contributed by atoms with Crippen molar-refractivity contribution in [3.8, 4) is 0 Å². The Morgan fingerprint density at radius 2 is 0.718 bits per heavy atom. The highest BCUT2D eigenvalue weighted by Gasteiger charge is 2.37. The Kier molecular flexibility index (Phi) is 7.85. The van der Waals surface area contributed by atoms with E-state index in [9.17, 15) is 38.9 Å². The summed E-state index contributed by atoms with van der Waals surface area (Å²) in [7, 11) is -13.8. The molecule has 3 N–H and O–H groups in total. The Hall–Kier alpha value is -2.61. The van der Waals surface area contributed by atoms with Crippen molar-refractivity contribution in [1.82, 2.24) is 0 Å². The van der Waals surface area contributed by atoms with Crippen LogP contribution in [0.15, 0.2) is 69.3 Å². The van der Waals surface area contributed by atoms with Crippen LogP contribution < -0.4 is 0 Å². The molecule has 0 atom stereocenters. The molecule has 0 amide bonds. The molecule has 4 rings (SSSR count). The molecule has 0 aliphatic heterocycles. The Labute approximate surface area is 229 Å². The van der Waals surface area contributed by atoms with Crippen molar-refractivity contribution in [2.24, 2.45) is 0 Å². The van der Waals surface area contributed by atoms with Crippen LogP contribution in [0.3, 0.4) is 0 Å². The van der Waals surface area contributed by atoms with Gasteiger partial charge in [0.25, 0.3) is 30.4 Å². The molecule has 0 radical (unpaired) electrons. The van der Waals surface area contributed by atoms with Crippen molar-refractivity contribution in [2.75, 3.05) is 0 Å². The van der Waals surface area contributed by atoms with E-state index in [1.807, 2.05) is 0 Å². The van der Waals surface area contributed by atoms with Crippen molar-refractivity contribution in [3.63, 3.8) is 0 Å². The van der Waals surface area contributed by atoms with E-state index in [1.54, 1.807) is 57.2 Å². The largest absolute Gasteiger partial charge is 0.294 e. The van der Waals surface area contributed by atoms with Crippen LogP contribution in [0.2, 0.25) is 0 Å². The first-order valence-electron chi connectivity index (χ1n) is 12.2. The Morgan fingerprint density at radius 1 is 0.487 bits per heavy atom. The van der Waals surface area contributed by atoms with E-state index in [4.69, 9.17) is 0 Å². The first kappa shape index (κ1) is 29.4. The summed E-state index contributed by atoms with van der Waals surface area (Å²) in [5.41, 5.74) is 3.19. The highest BCUT2D eigenvalue weighted by molar-refractivity contribution is 7.86. The van der Waals surface area contributed by atoms with Gasteiger partial charge < -0.3 is 0 Å². The summed E-state index contributed by atoms with van der Waals surface area (Å²) in [6.07, 6.45) is 0.796. The Morgan fingerprint density at radius 3 is 0.923 bits per heavy atom. The van der Waals surface area contributed by atoms with Gasteiger partial charge in [-0.1, -0.05) is 53.1 Å². The first-order chi connectivity index (χ1) is 17.9. The summed E-state index contributed by atoms with van der Waals surface area (Å²) in [5.74, 6) is -1.64.